The molecule has 27 heavy (non-hydrogen) atoms. The molecule has 0 aliphatic carbocycles. The van der Waals surface area contributed by atoms with E-state index in [4.69, 9.17) is 5.73 Å². The van der Waals surface area contributed by atoms with Crippen molar-refractivity contribution >= 4 is 11.6 Å². The van der Waals surface area contributed by atoms with Crippen molar-refractivity contribution in [2.24, 2.45) is 5.73 Å². The van der Waals surface area contributed by atoms with E-state index >= 15 is 0 Å². The SMILES string of the molecule is COC(=O)[C@@H](N)Cc1ccc(-c2ncc(F)cc2C(F)(F)F)c2nccn12. The van der Waals surface area contributed by atoms with Crippen LogP contribution in [0.1, 0.15) is 11.3 Å². The highest BCUT2D eigenvalue weighted by Gasteiger charge is 2.35. The highest BCUT2D eigenvalue weighted by atomic mass is 19.4. The normalized spacial score (nSPS) is 13.0. The summed E-state index contributed by atoms with van der Waals surface area (Å²) in [5.74, 6) is -1.71. The van der Waals surface area contributed by atoms with Gasteiger partial charge in [-0.25, -0.2) is 9.37 Å². The average Bonchev–Trinajstić information content (AvgIpc) is 3.11. The van der Waals surface area contributed by atoms with Crippen molar-refractivity contribution in [2.75, 3.05) is 7.11 Å². The molecule has 3 aromatic heterocycles. The lowest BCUT2D eigenvalue weighted by Gasteiger charge is -2.15. The molecule has 10 heteroatoms. The summed E-state index contributed by atoms with van der Waals surface area (Å²) in [5.41, 5.74) is 4.90. The van der Waals surface area contributed by atoms with Crippen LogP contribution >= 0.6 is 0 Å². The van der Waals surface area contributed by atoms with Crippen molar-refractivity contribution in [1.29, 1.82) is 0 Å². The topological polar surface area (TPSA) is 82.5 Å². The van der Waals surface area contributed by atoms with Gasteiger partial charge in [-0.1, -0.05) is 0 Å². The third kappa shape index (κ3) is 3.61. The number of hydrogen-bond acceptors (Lipinski definition) is 5. The first kappa shape index (κ1) is 18.8. The molecule has 0 saturated heterocycles. The summed E-state index contributed by atoms with van der Waals surface area (Å²) in [4.78, 5) is 19.2. The molecule has 6 nitrogen and oxygen atoms in total. The Labute approximate surface area is 150 Å². The third-order valence-electron chi connectivity index (χ3n) is 3.98. The van der Waals surface area contributed by atoms with Gasteiger partial charge in [0, 0.05) is 30.1 Å². The van der Waals surface area contributed by atoms with Gasteiger partial charge < -0.3 is 14.9 Å². The van der Waals surface area contributed by atoms with E-state index in [1.807, 2.05) is 0 Å². The number of methoxy groups -OCH3 is 1. The van der Waals surface area contributed by atoms with Crippen molar-refractivity contribution in [1.82, 2.24) is 14.4 Å². The fourth-order valence-corrected chi connectivity index (χ4v) is 2.75. The number of nitrogens with zero attached hydrogens (tertiary/aromatic N) is 3. The second kappa shape index (κ2) is 6.95. The second-order valence-corrected chi connectivity index (χ2v) is 5.74. The minimum absolute atomic E-state index is 0.0720. The number of ether oxygens (including phenoxy) is 1. The standard InChI is InChI=1S/C17H14F4N4O2/c1-27-16(26)13(22)7-10-2-3-11(15-23-4-5-25(10)15)14-12(17(19,20)21)6-9(18)8-24-14/h2-6,8,13H,7,22H2,1H3/t13-/m0/s1. The number of fused-ring (bicyclic) bond motifs is 1. The summed E-state index contributed by atoms with van der Waals surface area (Å²) in [5, 5.41) is 0. The van der Waals surface area contributed by atoms with Crippen molar-refractivity contribution in [3.8, 4) is 11.3 Å². The molecule has 0 aliphatic heterocycles. The highest BCUT2D eigenvalue weighted by Crippen LogP contribution is 2.37. The number of halogens is 4. The number of imidazole rings is 1. The molecule has 0 spiro atoms. The van der Waals surface area contributed by atoms with Crippen LogP contribution in [0.5, 0.6) is 0 Å². The van der Waals surface area contributed by atoms with Crippen LogP contribution < -0.4 is 5.73 Å². The van der Waals surface area contributed by atoms with Gasteiger partial charge in [0.2, 0.25) is 0 Å². The van der Waals surface area contributed by atoms with Gasteiger partial charge in [0.1, 0.15) is 17.5 Å². The zero-order valence-corrected chi connectivity index (χ0v) is 14.0. The molecule has 2 N–H and O–H groups in total. The van der Waals surface area contributed by atoms with Crippen LogP contribution in [-0.2, 0) is 22.1 Å². The van der Waals surface area contributed by atoms with Gasteiger partial charge in [-0.3, -0.25) is 9.78 Å². The Balaban J connectivity index is 2.13. The molecule has 0 aromatic carbocycles. The lowest BCUT2D eigenvalue weighted by molar-refractivity contribution is -0.142. The summed E-state index contributed by atoms with van der Waals surface area (Å²) in [6, 6.07) is 2.35. The first-order chi connectivity index (χ1) is 12.7. The van der Waals surface area contributed by atoms with E-state index in [9.17, 15) is 22.4 Å². The molecule has 0 saturated carbocycles. The molecule has 0 fully saturated rings. The molecular formula is C17H14F4N4O2. The van der Waals surface area contributed by atoms with Crippen molar-refractivity contribution in [2.45, 2.75) is 18.6 Å². The molecule has 3 aromatic rings. The number of alkyl halides is 3. The quantitative estimate of drug-likeness (QED) is 0.554. The lowest BCUT2D eigenvalue weighted by Crippen LogP contribution is -2.34. The fraction of sp³-hybridized carbons (Fsp3) is 0.235. The predicted octanol–water partition coefficient (Wildman–Crippen LogP) is 2.60. The zero-order valence-electron chi connectivity index (χ0n) is 14.0. The molecule has 0 aliphatic rings. The predicted molar refractivity (Wildman–Crippen MR) is 87.1 cm³/mol. The van der Waals surface area contributed by atoms with E-state index in [-0.39, 0.29) is 17.6 Å². The van der Waals surface area contributed by atoms with Crippen LogP contribution in [0.15, 0.2) is 36.8 Å². The molecule has 3 rings (SSSR count). The Bertz CT molecular complexity index is 1000. The summed E-state index contributed by atoms with van der Waals surface area (Å²) < 4.78 is 59.4. The first-order valence-electron chi connectivity index (χ1n) is 7.74. The molecule has 142 valence electrons. The van der Waals surface area contributed by atoms with E-state index in [0.29, 0.717) is 18.0 Å². The number of aromatic nitrogens is 3. The van der Waals surface area contributed by atoms with E-state index in [1.54, 1.807) is 0 Å². The minimum Gasteiger partial charge on any atom is -0.468 e. The van der Waals surface area contributed by atoms with Gasteiger partial charge >= 0.3 is 12.1 Å². The highest BCUT2D eigenvalue weighted by molar-refractivity contribution is 5.78. The largest absolute Gasteiger partial charge is 0.468 e. The number of carbonyl (C=O) groups is 1. The fourth-order valence-electron chi connectivity index (χ4n) is 2.75. The first-order valence-corrected chi connectivity index (χ1v) is 7.74. The van der Waals surface area contributed by atoms with Gasteiger partial charge in [-0.2, -0.15) is 13.2 Å². The van der Waals surface area contributed by atoms with E-state index < -0.39 is 35.3 Å². The van der Waals surface area contributed by atoms with E-state index in [0.717, 1.165) is 0 Å². The summed E-state index contributed by atoms with van der Waals surface area (Å²) in [7, 11) is 1.21. The van der Waals surface area contributed by atoms with Crippen LogP contribution in [-0.4, -0.2) is 33.5 Å². The Hall–Kier alpha value is -3.01. The number of pyridine rings is 2. The van der Waals surface area contributed by atoms with Gasteiger partial charge in [0.25, 0.3) is 0 Å². The Morgan fingerprint density at radius 1 is 1.33 bits per heavy atom. The molecular weight excluding hydrogens is 368 g/mol. The summed E-state index contributed by atoms with van der Waals surface area (Å²) >= 11 is 0. The van der Waals surface area contributed by atoms with Crippen LogP contribution in [0, 0.1) is 5.82 Å². The number of hydrogen-bond donors (Lipinski definition) is 1. The van der Waals surface area contributed by atoms with Gasteiger partial charge in [0.15, 0.2) is 0 Å². The minimum atomic E-state index is -4.79. The Kier molecular flexibility index (Phi) is 4.83. The summed E-state index contributed by atoms with van der Waals surface area (Å²) in [6.45, 7) is 0. The third-order valence-corrected chi connectivity index (χ3v) is 3.98. The maximum absolute atomic E-state index is 13.3. The molecule has 3 heterocycles. The molecule has 0 radical (unpaired) electrons. The monoisotopic (exact) mass is 382 g/mol. The smallest absolute Gasteiger partial charge is 0.418 e. The maximum atomic E-state index is 13.3. The van der Waals surface area contributed by atoms with E-state index in [1.165, 1.54) is 36.0 Å². The molecule has 0 amide bonds. The van der Waals surface area contributed by atoms with Gasteiger partial charge in [0.05, 0.1) is 24.6 Å². The second-order valence-electron chi connectivity index (χ2n) is 5.74. The van der Waals surface area contributed by atoms with Crippen molar-refractivity contribution in [3.63, 3.8) is 0 Å². The number of carbonyl (C=O) groups excluding carboxylic acids is 1. The average molecular weight is 382 g/mol. The van der Waals surface area contributed by atoms with Crippen LogP contribution in [0.25, 0.3) is 16.9 Å². The number of nitrogens with two attached hydrogens (primary N) is 1. The van der Waals surface area contributed by atoms with Gasteiger partial charge in [-0.05, 0) is 18.2 Å². The van der Waals surface area contributed by atoms with Crippen LogP contribution in [0.3, 0.4) is 0 Å². The van der Waals surface area contributed by atoms with Crippen LogP contribution in [0.2, 0.25) is 0 Å². The van der Waals surface area contributed by atoms with Crippen molar-refractivity contribution < 1.29 is 27.1 Å². The maximum Gasteiger partial charge on any atom is 0.418 e. The lowest BCUT2D eigenvalue weighted by atomic mass is 10.0. The summed E-state index contributed by atoms with van der Waals surface area (Å²) in [6.07, 6.45) is -1.08. The Morgan fingerprint density at radius 3 is 2.74 bits per heavy atom. The zero-order chi connectivity index (χ0) is 19.8. The van der Waals surface area contributed by atoms with E-state index in [2.05, 4.69) is 14.7 Å². The van der Waals surface area contributed by atoms with Gasteiger partial charge in [-0.15, -0.1) is 0 Å². The Morgan fingerprint density at radius 2 is 2.07 bits per heavy atom. The molecule has 1 atom stereocenters. The molecule has 0 bridgehead atoms. The number of rotatable bonds is 4. The molecule has 0 unspecified atom stereocenters. The number of esters is 1. The van der Waals surface area contributed by atoms with Crippen LogP contribution in [0.4, 0.5) is 17.6 Å². The van der Waals surface area contributed by atoms with Crippen molar-refractivity contribution in [3.05, 3.63) is 53.9 Å².